The summed E-state index contributed by atoms with van der Waals surface area (Å²) in [4.78, 5) is 13.2. The number of fused-ring (bicyclic) bond motifs is 5. The van der Waals surface area contributed by atoms with E-state index in [0.29, 0.717) is 30.8 Å². The number of ether oxygens (including phenoxy) is 1. The second-order valence-corrected chi connectivity index (χ2v) is 11.1. The monoisotopic (exact) mass is 415 g/mol. The average molecular weight is 416 g/mol. The smallest absolute Gasteiger partial charge is 0.157 e. The number of hydrogen-bond donors (Lipinski definition) is 1. The molecule has 4 saturated carbocycles. The van der Waals surface area contributed by atoms with Gasteiger partial charge in [0.1, 0.15) is 6.54 Å². The van der Waals surface area contributed by atoms with E-state index in [0.717, 1.165) is 43.4 Å². The fraction of sp³-hybridized carbons (Fsp3) is 0.875. The predicted octanol–water partition coefficient (Wildman–Crippen LogP) is 3.49. The van der Waals surface area contributed by atoms with Gasteiger partial charge in [-0.1, -0.05) is 12.1 Å². The van der Waals surface area contributed by atoms with E-state index in [9.17, 15) is 9.90 Å². The van der Waals surface area contributed by atoms with Crippen LogP contribution in [-0.2, 0) is 16.1 Å². The molecular formula is C24H37N3O3. The lowest BCUT2D eigenvalue weighted by atomic mass is 9.49. The first-order chi connectivity index (χ1) is 14.4. The third-order valence-corrected chi connectivity index (χ3v) is 9.70. The number of nitrogens with zero attached hydrogens (tertiary/aromatic N) is 3. The summed E-state index contributed by atoms with van der Waals surface area (Å²) in [6, 6.07) is 0. The molecule has 1 aromatic heterocycles. The van der Waals surface area contributed by atoms with Crippen LogP contribution in [0.1, 0.15) is 64.7 Å². The number of rotatable bonds is 5. The Balaban J connectivity index is 1.29. The van der Waals surface area contributed by atoms with E-state index in [-0.39, 0.29) is 11.3 Å². The van der Waals surface area contributed by atoms with Crippen molar-refractivity contribution >= 4 is 5.78 Å². The van der Waals surface area contributed by atoms with Crippen molar-refractivity contribution in [1.82, 2.24) is 15.0 Å². The summed E-state index contributed by atoms with van der Waals surface area (Å²) in [6.45, 7) is 3.25. The quantitative estimate of drug-likeness (QED) is 0.796. The van der Waals surface area contributed by atoms with E-state index >= 15 is 0 Å². The summed E-state index contributed by atoms with van der Waals surface area (Å²) in [5, 5.41) is 18.8. The number of carbonyl (C=O) groups is 1. The maximum Gasteiger partial charge on any atom is 0.157 e. The largest absolute Gasteiger partial charge is 0.387 e. The first kappa shape index (κ1) is 20.6. The summed E-state index contributed by atoms with van der Waals surface area (Å²) in [5.74, 6) is 4.16. The van der Waals surface area contributed by atoms with E-state index in [1.165, 1.54) is 32.1 Å². The van der Waals surface area contributed by atoms with E-state index in [4.69, 9.17) is 4.74 Å². The van der Waals surface area contributed by atoms with Gasteiger partial charge in [-0.2, -0.15) is 0 Å². The highest BCUT2D eigenvalue weighted by molar-refractivity contribution is 5.82. The van der Waals surface area contributed by atoms with Crippen LogP contribution in [0.4, 0.5) is 0 Å². The van der Waals surface area contributed by atoms with Gasteiger partial charge in [-0.25, -0.2) is 4.68 Å². The Labute approximate surface area is 179 Å². The average Bonchev–Trinajstić information content (AvgIpc) is 3.34. The van der Waals surface area contributed by atoms with Crippen molar-refractivity contribution in [1.29, 1.82) is 0 Å². The maximum atomic E-state index is 13.2. The minimum atomic E-state index is -0.613. The van der Waals surface area contributed by atoms with Crippen molar-refractivity contribution in [3.05, 3.63) is 12.4 Å². The van der Waals surface area contributed by atoms with Gasteiger partial charge in [-0.05, 0) is 92.8 Å². The van der Waals surface area contributed by atoms with Crippen molar-refractivity contribution in [2.24, 2.45) is 40.9 Å². The van der Waals surface area contributed by atoms with Crippen LogP contribution < -0.4 is 0 Å². The highest BCUT2D eigenvalue weighted by atomic mass is 16.5. The Kier molecular flexibility index (Phi) is 5.29. The van der Waals surface area contributed by atoms with Crippen molar-refractivity contribution in [3.8, 4) is 0 Å². The molecule has 4 aliphatic carbocycles. The van der Waals surface area contributed by atoms with Crippen molar-refractivity contribution < 1.29 is 14.6 Å². The van der Waals surface area contributed by atoms with Gasteiger partial charge < -0.3 is 9.84 Å². The highest BCUT2D eigenvalue weighted by Gasteiger charge is 2.58. The van der Waals surface area contributed by atoms with Gasteiger partial charge in [-0.3, -0.25) is 4.79 Å². The Morgan fingerprint density at radius 1 is 1.13 bits per heavy atom. The van der Waals surface area contributed by atoms with Gasteiger partial charge in [0.15, 0.2) is 5.78 Å². The minimum absolute atomic E-state index is 0.150. The lowest BCUT2D eigenvalue weighted by Gasteiger charge is -2.57. The number of hydrogen-bond acceptors (Lipinski definition) is 5. The molecule has 6 heteroatoms. The standard InChI is InChI=1S/C24H37N3O3/c1-23-9-7-18-17-8-10-24(29,15-30-2)13-16(17)3-4-19(18)20(23)5-6-21(23)22(28)14-27-12-11-25-26-27/h11-12,16-21,29H,3-10,13-15H2,1-2H3/t16-,17+,18-,19-,20+,21-,23+,24-/m1/s1. The maximum absolute atomic E-state index is 13.2. The predicted molar refractivity (Wildman–Crippen MR) is 112 cm³/mol. The van der Waals surface area contributed by atoms with Crippen LogP contribution in [0, 0.1) is 40.9 Å². The first-order valence-electron chi connectivity index (χ1n) is 12.0. The summed E-state index contributed by atoms with van der Waals surface area (Å²) in [6.07, 6.45) is 13.6. The van der Waals surface area contributed by atoms with E-state index in [1.54, 1.807) is 24.2 Å². The summed E-state index contributed by atoms with van der Waals surface area (Å²) in [7, 11) is 1.70. The van der Waals surface area contributed by atoms with E-state index < -0.39 is 5.60 Å². The Morgan fingerprint density at radius 2 is 1.97 bits per heavy atom. The molecule has 0 spiro atoms. The summed E-state index contributed by atoms with van der Waals surface area (Å²) in [5.41, 5.74) is -0.463. The van der Waals surface area contributed by atoms with Crippen LogP contribution in [0.15, 0.2) is 12.4 Å². The molecule has 0 unspecified atom stereocenters. The zero-order valence-corrected chi connectivity index (χ0v) is 18.5. The van der Waals surface area contributed by atoms with E-state index in [2.05, 4.69) is 17.2 Å². The molecule has 6 nitrogen and oxygen atoms in total. The zero-order chi connectivity index (χ0) is 20.9. The fourth-order valence-corrected chi connectivity index (χ4v) is 8.48. The number of aliphatic hydroxyl groups is 1. The van der Waals surface area contributed by atoms with Crippen LogP contribution in [0.2, 0.25) is 0 Å². The topological polar surface area (TPSA) is 77.2 Å². The van der Waals surface area contributed by atoms with Gasteiger partial charge in [0.2, 0.25) is 0 Å². The lowest BCUT2D eigenvalue weighted by Crippen LogP contribution is -2.52. The molecule has 1 heterocycles. The van der Waals surface area contributed by atoms with Crippen LogP contribution in [0.5, 0.6) is 0 Å². The van der Waals surface area contributed by atoms with Crippen LogP contribution in [-0.4, -0.2) is 45.2 Å². The molecule has 1 aromatic rings. The molecule has 4 aliphatic rings. The highest BCUT2D eigenvalue weighted by Crippen LogP contribution is 2.64. The SMILES string of the molecule is COC[C@@]1(O)CC[C@H]2[C@H](CC[C@@H]3[C@@H]2CC[C@]2(C)[C@@H](C(=O)Cn4ccnn4)CC[C@@H]32)C1. The Morgan fingerprint density at radius 3 is 2.73 bits per heavy atom. The molecular weight excluding hydrogens is 378 g/mol. The van der Waals surface area contributed by atoms with Crippen LogP contribution >= 0.6 is 0 Å². The molecule has 0 saturated heterocycles. The number of Topliss-reactive ketones (excluding diaryl/α,β-unsaturated/α-hetero) is 1. The number of carbonyl (C=O) groups excluding carboxylic acids is 1. The van der Waals surface area contributed by atoms with Gasteiger partial charge in [0.25, 0.3) is 0 Å². The first-order valence-corrected chi connectivity index (χ1v) is 12.0. The zero-order valence-electron chi connectivity index (χ0n) is 18.5. The molecule has 8 atom stereocenters. The number of aromatic nitrogens is 3. The third-order valence-electron chi connectivity index (χ3n) is 9.70. The number of ketones is 1. The molecule has 0 radical (unpaired) electrons. The molecule has 0 bridgehead atoms. The lowest BCUT2D eigenvalue weighted by molar-refractivity contribution is -0.136. The molecule has 5 rings (SSSR count). The number of methoxy groups -OCH3 is 1. The third kappa shape index (κ3) is 3.35. The van der Waals surface area contributed by atoms with Gasteiger partial charge in [0, 0.05) is 19.2 Å². The molecule has 30 heavy (non-hydrogen) atoms. The Bertz CT molecular complexity index is 768. The summed E-state index contributed by atoms with van der Waals surface area (Å²) < 4.78 is 7.00. The minimum Gasteiger partial charge on any atom is -0.387 e. The molecule has 166 valence electrons. The van der Waals surface area contributed by atoms with Gasteiger partial charge in [0.05, 0.1) is 18.4 Å². The summed E-state index contributed by atoms with van der Waals surface area (Å²) >= 11 is 0. The van der Waals surface area contributed by atoms with Crippen molar-refractivity contribution in [2.75, 3.05) is 13.7 Å². The van der Waals surface area contributed by atoms with E-state index in [1.807, 2.05) is 0 Å². The second kappa shape index (κ2) is 7.70. The van der Waals surface area contributed by atoms with Crippen LogP contribution in [0.3, 0.4) is 0 Å². The molecule has 1 N–H and O–H groups in total. The van der Waals surface area contributed by atoms with Gasteiger partial charge in [-0.15, -0.1) is 5.10 Å². The normalized spacial score (nSPS) is 45.4. The molecule has 0 aliphatic heterocycles. The molecule has 0 aromatic carbocycles. The second-order valence-electron chi connectivity index (χ2n) is 11.1. The van der Waals surface area contributed by atoms with Gasteiger partial charge >= 0.3 is 0 Å². The molecule has 0 amide bonds. The van der Waals surface area contributed by atoms with Crippen molar-refractivity contribution in [2.45, 2.75) is 76.9 Å². The fourth-order valence-electron chi connectivity index (χ4n) is 8.48. The Hall–Kier alpha value is -1.27. The van der Waals surface area contributed by atoms with Crippen molar-refractivity contribution in [3.63, 3.8) is 0 Å². The van der Waals surface area contributed by atoms with Crippen LogP contribution in [0.25, 0.3) is 0 Å². The molecule has 4 fully saturated rings.